The Labute approximate surface area is 69.9 Å². The summed E-state index contributed by atoms with van der Waals surface area (Å²) >= 11 is 0. The molecule has 0 spiro atoms. The highest BCUT2D eigenvalue weighted by molar-refractivity contribution is 4.66. The Bertz CT molecular complexity index is 89.6. The lowest BCUT2D eigenvalue weighted by Crippen LogP contribution is -2.30. The Kier molecular flexibility index (Phi) is 5.51. The lowest BCUT2D eigenvalue weighted by molar-refractivity contribution is -0.0702. The first-order valence-electron chi connectivity index (χ1n) is 4.34. The van der Waals surface area contributed by atoms with E-state index in [4.69, 9.17) is 9.47 Å². The van der Waals surface area contributed by atoms with E-state index >= 15 is 0 Å². The van der Waals surface area contributed by atoms with Crippen molar-refractivity contribution in [3.8, 4) is 0 Å². The highest BCUT2D eigenvalue weighted by Gasteiger charge is 2.16. The fourth-order valence-electron chi connectivity index (χ4n) is 0.895. The fourth-order valence-corrected chi connectivity index (χ4v) is 0.895. The van der Waals surface area contributed by atoms with Crippen LogP contribution in [0.2, 0.25) is 0 Å². The molecule has 0 saturated heterocycles. The van der Waals surface area contributed by atoms with E-state index in [1.807, 2.05) is 20.8 Å². The first-order valence-corrected chi connectivity index (χ1v) is 4.34. The van der Waals surface area contributed by atoms with E-state index in [-0.39, 0.29) is 5.60 Å². The van der Waals surface area contributed by atoms with E-state index in [1.54, 1.807) is 0 Å². The van der Waals surface area contributed by atoms with Gasteiger partial charge < -0.3 is 9.47 Å². The van der Waals surface area contributed by atoms with E-state index in [0.717, 1.165) is 19.6 Å². The summed E-state index contributed by atoms with van der Waals surface area (Å²) in [7, 11) is 0. The lowest BCUT2D eigenvalue weighted by atomic mass is 10.1. The molecule has 0 saturated carbocycles. The van der Waals surface area contributed by atoms with E-state index in [2.05, 4.69) is 6.92 Å². The van der Waals surface area contributed by atoms with Crippen molar-refractivity contribution < 1.29 is 9.47 Å². The average molecular weight is 160 g/mol. The third-order valence-corrected chi connectivity index (χ3v) is 1.33. The largest absolute Gasteiger partial charge is 0.378 e. The molecule has 0 aromatic carbocycles. The molecule has 0 aliphatic heterocycles. The van der Waals surface area contributed by atoms with Crippen LogP contribution in [0.1, 0.15) is 34.1 Å². The lowest BCUT2D eigenvalue weighted by Gasteiger charge is -2.24. The summed E-state index contributed by atoms with van der Waals surface area (Å²) in [6, 6.07) is 0. The zero-order valence-electron chi connectivity index (χ0n) is 8.14. The molecule has 0 amide bonds. The molecule has 0 aromatic heterocycles. The molecule has 2 heteroatoms. The minimum atomic E-state index is -0.121. The van der Waals surface area contributed by atoms with Crippen LogP contribution in [0.25, 0.3) is 0 Å². The van der Waals surface area contributed by atoms with Gasteiger partial charge in [0.25, 0.3) is 0 Å². The van der Waals surface area contributed by atoms with Gasteiger partial charge in [0, 0.05) is 13.2 Å². The first kappa shape index (κ1) is 10.9. The van der Waals surface area contributed by atoms with Crippen molar-refractivity contribution in [1.82, 2.24) is 0 Å². The minimum Gasteiger partial charge on any atom is -0.378 e. The van der Waals surface area contributed by atoms with Gasteiger partial charge in [-0.2, -0.15) is 0 Å². The summed E-state index contributed by atoms with van der Waals surface area (Å²) in [4.78, 5) is 0. The predicted octanol–water partition coefficient (Wildman–Crippen LogP) is 2.23. The minimum absolute atomic E-state index is 0.121. The number of ether oxygens (including phenoxy) is 2. The second-order valence-electron chi connectivity index (χ2n) is 3.25. The molecule has 0 radical (unpaired) electrons. The summed E-state index contributed by atoms with van der Waals surface area (Å²) < 4.78 is 10.8. The SMILES string of the molecule is CCCOCC(C)(C)OCC. The maximum absolute atomic E-state index is 5.45. The van der Waals surface area contributed by atoms with Crippen LogP contribution in [-0.4, -0.2) is 25.4 Å². The topological polar surface area (TPSA) is 18.5 Å². The van der Waals surface area contributed by atoms with Gasteiger partial charge in [-0.25, -0.2) is 0 Å². The Morgan fingerprint density at radius 3 is 2.27 bits per heavy atom. The molecular weight excluding hydrogens is 140 g/mol. The number of hydrogen-bond donors (Lipinski definition) is 0. The molecule has 68 valence electrons. The maximum Gasteiger partial charge on any atom is 0.0858 e. The molecule has 0 aliphatic rings. The van der Waals surface area contributed by atoms with Crippen LogP contribution < -0.4 is 0 Å². The molecule has 0 rings (SSSR count). The molecule has 0 unspecified atom stereocenters. The summed E-state index contributed by atoms with van der Waals surface area (Å²) in [5.74, 6) is 0. The summed E-state index contributed by atoms with van der Waals surface area (Å²) in [5, 5.41) is 0. The van der Waals surface area contributed by atoms with Gasteiger partial charge in [-0.1, -0.05) is 6.92 Å². The van der Waals surface area contributed by atoms with Crippen LogP contribution >= 0.6 is 0 Å². The van der Waals surface area contributed by atoms with Crippen molar-refractivity contribution in [2.75, 3.05) is 19.8 Å². The molecular formula is C9H20O2. The average Bonchev–Trinajstić information content (AvgIpc) is 1.87. The van der Waals surface area contributed by atoms with Gasteiger partial charge >= 0.3 is 0 Å². The molecule has 0 atom stereocenters. The molecule has 0 aliphatic carbocycles. The first-order chi connectivity index (χ1) is 5.12. The van der Waals surface area contributed by atoms with Crippen molar-refractivity contribution in [2.24, 2.45) is 0 Å². The highest BCUT2D eigenvalue weighted by Crippen LogP contribution is 2.08. The Morgan fingerprint density at radius 1 is 1.18 bits per heavy atom. The van der Waals surface area contributed by atoms with Crippen molar-refractivity contribution in [3.05, 3.63) is 0 Å². The molecule has 0 aromatic rings. The molecule has 0 heterocycles. The standard InChI is InChI=1S/C9H20O2/c1-5-7-10-8-9(3,4)11-6-2/h5-8H2,1-4H3. The predicted molar refractivity (Wildman–Crippen MR) is 46.8 cm³/mol. The van der Waals surface area contributed by atoms with Crippen LogP contribution in [-0.2, 0) is 9.47 Å². The van der Waals surface area contributed by atoms with E-state index in [9.17, 15) is 0 Å². The Balaban J connectivity index is 3.38. The number of rotatable bonds is 6. The van der Waals surface area contributed by atoms with Crippen molar-refractivity contribution >= 4 is 0 Å². The van der Waals surface area contributed by atoms with Crippen molar-refractivity contribution in [2.45, 2.75) is 39.7 Å². The third kappa shape index (κ3) is 6.32. The zero-order valence-corrected chi connectivity index (χ0v) is 8.14. The van der Waals surface area contributed by atoms with Crippen molar-refractivity contribution in [3.63, 3.8) is 0 Å². The summed E-state index contributed by atoms with van der Waals surface area (Å²) in [5.41, 5.74) is -0.121. The van der Waals surface area contributed by atoms with Crippen LogP contribution in [0.3, 0.4) is 0 Å². The van der Waals surface area contributed by atoms with Gasteiger partial charge in [-0.05, 0) is 27.2 Å². The van der Waals surface area contributed by atoms with Gasteiger partial charge in [0.05, 0.1) is 12.2 Å². The summed E-state index contributed by atoms with van der Waals surface area (Å²) in [6.45, 7) is 10.5. The molecule has 0 N–H and O–H groups in total. The molecule has 0 bridgehead atoms. The van der Waals surface area contributed by atoms with Gasteiger partial charge in [0.1, 0.15) is 0 Å². The van der Waals surface area contributed by atoms with E-state index < -0.39 is 0 Å². The van der Waals surface area contributed by atoms with Crippen LogP contribution in [0.5, 0.6) is 0 Å². The molecule has 11 heavy (non-hydrogen) atoms. The summed E-state index contributed by atoms with van der Waals surface area (Å²) in [6.07, 6.45) is 1.07. The van der Waals surface area contributed by atoms with Gasteiger partial charge in [-0.15, -0.1) is 0 Å². The van der Waals surface area contributed by atoms with Gasteiger partial charge in [0.2, 0.25) is 0 Å². The second-order valence-corrected chi connectivity index (χ2v) is 3.25. The smallest absolute Gasteiger partial charge is 0.0858 e. The van der Waals surface area contributed by atoms with E-state index in [0.29, 0.717) is 6.61 Å². The second kappa shape index (κ2) is 5.56. The van der Waals surface area contributed by atoms with Crippen LogP contribution in [0, 0.1) is 0 Å². The zero-order chi connectivity index (χ0) is 8.74. The molecule has 0 fully saturated rings. The molecule has 2 nitrogen and oxygen atoms in total. The van der Waals surface area contributed by atoms with Crippen LogP contribution in [0.4, 0.5) is 0 Å². The fraction of sp³-hybridized carbons (Fsp3) is 1.00. The highest BCUT2D eigenvalue weighted by atomic mass is 16.5. The Morgan fingerprint density at radius 2 is 1.82 bits per heavy atom. The quantitative estimate of drug-likeness (QED) is 0.555. The van der Waals surface area contributed by atoms with Gasteiger partial charge in [0.15, 0.2) is 0 Å². The monoisotopic (exact) mass is 160 g/mol. The van der Waals surface area contributed by atoms with Crippen LogP contribution in [0.15, 0.2) is 0 Å². The normalized spacial score (nSPS) is 12.0. The number of hydrogen-bond acceptors (Lipinski definition) is 2. The Hall–Kier alpha value is -0.0800. The third-order valence-electron chi connectivity index (χ3n) is 1.33. The van der Waals surface area contributed by atoms with E-state index in [1.165, 1.54) is 0 Å². The van der Waals surface area contributed by atoms with Gasteiger partial charge in [-0.3, -0.25) is 0 Å². The maximum atomic E-state index is 5.45. The van der Waals surface area contributed by atoms with Crippen molar-refractivity contribution in [1.29, 1.82) is 0 Å².